The van der Waals surface area contributed by atoms with Crippen LogP contribution in [0.15, 0.2) is 53.3 Å². The van der Waals surface area contributed by atoms with Crippen molar-refractivity contribution in [2.24, 2.45) is 0 Å². The molecule has 0 unspecified atom stereocenters. The molecule has 8 heteroatoms. The highest BCUT2D eigenvalue weighted by Gasteiger charge is 2.39. The molecule has 2 N–H and O–H groups in total. The fourth-order valence-corrected chi connectivity index (χ4v) is 4.89. The van der Waals surface area contributed by atoms with Gasteiger partial charge in [-0.15, -0.1) is 11.3 Å². The van der Waals surface area contributed by atoms with Gasteiger partial charge in [-0.25, -0.2) is 4.68 Å². The van der Waals surface area contributed by atoms with Gasteiger partial charge in [0.25, 0.3) is 0 Å². The van der Waals surface area contributed by atoms with Gasteiger partial charge in [-0.1, -0.05) is 12.1 Å². The van der Waals surface area contributed by atoms with Crippen molar-refractivity contribution in [1.29, 1.82) is 0 Å². The predicted molar refractivity (Wildman–Crippen MR) is 105 cm³/mol. The van der Waals surface area contributed by atoms with E-state index in [0.717, 1.165) is 17.7 Å². The number of aromatic nitrogens is 3. The second-order valence-electron chi connectivity index (χ2n) is 6.92. The summed E-state index contributed by atoms with van der Waals surface area (Å²) in [6.45, 7) is 0. The van der Waals surface area contributed by atoms with E-state index in [-0.39, 0.29) is 17.5 Å². The van der Waals surface area contributed by atoms with Gasteiger partial charge in [-0.05, 0) is 35.6 Å². The molecule has 1 aromatic carbocycles. The third-order valence-corrected chi connectivity index (χ3v) is 6.36. The van der Waals surface area contributed by atoms with Crippen LogP contribution in [-0.4, -0.2) is 32.8 Å². The van der Waals surface area contributed by atoms with Crippen LogP contribution in [0.2, 0.25) is 0 Å². The van der Waals surface area contributed by atoms with Gasteiger partial charge in [-0.2, -0.15) is 10.1 Å². The van der Waals surface area contributed by atoms with E-state index >= 15 is 0 Å². The number of phenols is 1. The normalized spacial score (nSPS) is 21.1. The monoisotopic (exact) mass is 394 g/mol. The minimum atomic E-state index is -0.428. The number of hydrogen-bond acceptors (Lipinski definition) is 7. The first-order valence-electron chi connectivity index (χ1n) is 8.98. The third-order valence-electron chi connectivity index (χ3n) is 5.33. The number of fused-ring (bicyclic) bond motifs is 1. The van der Waals surface area contributed by atoms with Crippen LogP contribution in [0.4, 0.5) is 5.95 Å². The summed E-state index contributed by atoms with van der Waals surface area (Å²) in [6.07, 6.45) is 2.68. The first-order chi connectivity index (χ1) is 13.7. The molecule has 2 aliphatic rings. The van der Waals surface area contributed by atoms with E-state index in [2.05, 4.69) is 21.5 Å². The van der Waals surface area contributed by atoms with Crippen LogP contribution in [0.1, 0.15) is 35.2 Å². The van der Waals surface area contributed by atoms with E-state index < -0.39 is 6.04 Å². The number of benzene rings is 1. The summed E-state index contributed by atoms with van der Waals surface area (Å²) in [4.78, 5) is 18.7. The molecule has 0 saturated carbocycles. The SMILES string of the molecule is COc1ccc([C@H]2C3=C(C[C@H](c4cccs4)CC3=O)Nc3ncnn32)cc1O. The smallest absolute Gasteiger partial charge is 0.226 e. The molecular weight excluding hydrogens is 376 g/mol. The molecule has 28 heavy (non-hydrogen) atoms. The molecule has 5 rings (SSSR count). The average Bonchev–Trinajstić information content (AvgIpc) is 3.38. The number of hydrogen-bond donors (Lipinski definition) is 2. The van der Waals surface area contributed by atoms with Crippen LogP contribution in [0.5, 0.6) is 11.5 Å². The molecule has 0 spiro atoms. The largest absolute Gasteiger partial charge is 0.504 e. The van der Waals surface area contributed by atoms with Crippen molar-refractivity contribution in [2.75, 3.05) is 12.4 Å². The van der Waals surface area contributed by atoms with Gasteiger partial charge in [0.2, 0.25) is 5.95 Å². The molecule has 0 fully saturated rings. The molecule has 1 aliphatic heterocycles. The van der Waals surface area contributed by atoms with E-state index in [4.69, 9.17) is 4.74 Å². The Kier molecular flexibility index (Phi) is 3.94. The summed E-state index contributed by atoms with van der Waals surface area (Å²) in [5.74, 6) is 1.27. The number of rotatable bonds is 3. The molecule has 0 radical (unpaired) electrons. The Hall–Kier alpha value is -3.13. The van der Waals surface area contributed by atoms with Crippen LogP contribution in [0.3, 0.4) is 0 Å². The Morgan fingerprint density at radius 1 is 1.32 bits per heavy atom. The number of thiophene rings is 1. The lowest BCUT2D eigenvalue weighted by molar-refractivity contribution is -0.116. The Morgan fingerprint density at radius 3 is 2.96 bits per heavy atom. The molecule has 3 heterocycles. The molecule has 3 aromatic rings. The Labute approximate surface area is 165 Å². The van der Waals surface area contributed by atoms with Crippen molar-refractivity contribution in [3.05, 3.63) is 63.7 Å². The fraction of sp³-hybridized carbons (Fsp3) is 0.250. The highest BCUT2D eigenvalue weighted by Crippen LogP contribution is 2.45. The number of carbonyl (C=O) groups excluding carboxylic acids is 1. The summed E-state index contributed by atoms with van der Waals surface area (Å²) in [5.41, 5.74) is 2.34. The van der Waals surface area contributed by atoms with Gasteiger partial charge in [-0.3, -0.25) is 4.79 Å². The Balaban J connectivity index is 1.62. The molecule has 7 nitrogen and oxygen atoms in total. The average molecular weight is 394 g/mol. The standard InChI is InChI=1S/C20H18N4O3S/c1-27-16-5-4-11(8-14(16)25)19-18-13(23-20-21-10-22-24(19)20)7-12(9-15(18)26)17-3-2-6-28-17/h2-6,8,10,12,19,25H,7,9H2,1H3,(H,21,22,23)/t12-,19-/m0/s1. The quantitative estimate of drug-likeness (QED) is 0.707. The van der Waals surface area contributed by atoms with Gasteiger partial charge in [0.1, 0.15) is 12.4 Å². The van der Waals surface area contributed by atoms with E-state index in [0.29, 0.717) is 23.7 Å². The molecule has 2 atom stereocenters. The highest BCUT2D eigenvalue weighted by molar-refractivity contribution is 7.10. The lowest BCUT2D eigenvalue weighted by Crippen LogP contribution is -2.33. The van der Waals surface area contributed by atoms with Crippen molar-refractivity contribution in [3.63, 3.8) is 0 Å². The van der Waals surface area contributed by atoms with Crippen molar-refractivity contribution in [1.82, 2.24) is 14.8 Å². The number of aromatic hydroxyl groups is 1. The number of nitrogens with one attached hydrogen (secondary N) is 1. The number of anilines is 1. The second-order valence-corrected chi connectivity index (χ2v) is 7.90. The molecule has 0 amide bonds. The number of ether oxygens (including phenoxy) is 1. The van der Waals surface area contributed by atoms with Crippen LogP contribution in [0, 0.1) is 0 Å². The number of allylic oxidation sites excluding steroid dienone is 2. The fourth-order valence-electron chi connectivity index (χ4n) is 4.06. The van der Waals surface area contributed by atoms with Gasteiger partial charge in [0.15, 0.2) is 17.3 Å². The van der Waals surface area contributed by atoms with Crippen LogP contribution < -0.4 is 10.1 Å². The van der Waals surface area contributed by atoms with E-state index in [1.165, 1.54) is 18.3 Å². The van der Waals surface area contributed by atoms with Gasteiger partial charge in [0, 0.05) is 28.5 Å². The van der Waals surface area contributed by atoms with Crippen molar-refractivity contribution >= 4 is 23.1 Å². The molecule has 2 aromatic heterocycles. The zero-order valence-corrected chi connectivity index (χ0v) is 15.9. The molecule has 142 valence electrons. The van der Waals surface area contributed by atoms with Gasteiger partial charge < -0.3 is 15.2 Å². The summed E-state index contributed by atoms with van der Waals surface area (Å²) in [5, 5.41) is 19.9. The first kappa shape index (κ1) is 17.0. The summed E-state index contributed by atoms with van der Waals surface area (Å²) in [6, 6.07) is 8.85. The van der Waals surface area contributed by atoms with E-state index in [1.54, 1.807) is 28.2 Å². The van der Waals surface area contributed by atoms with Crippen LogP contribution >= 0.6 is 11.3 Å². The minimum Gasteiger partial charge on any atom is -0.504 e. The van der Waals surface area contributed by atoms with Crippen molar-refractivity contribution in [2.45, 2.75) is 24.8 Å². The highest BCUT2D eigenvalue weighted by atomic mass is 32.1. The molecular formula is C20H18N4O3S. The Morgan fingerprint density at radius 2 is 2.21 bits per heavy atom. The zero-order chi connectivity index (χ0) is 19.3. The zero-order valence-electron chi connectivity index (χ0n) is 15.1. The van der Waals surface area contributed by atoms with E-state index in [1.807, 2.05) is 17.5 Å². The van der Waals surface area contributed by atoms with Crippen molar-refractivity contribution < 1.29 is 14.6 Å². The lowest BCUT2D eigenvalue weighted by atomic mass is 9.80. The van der Waals surface area contributed by atoms with Crippen LogP contribution in [0.25, 0.3) is 0 Å². The third kappa shape index (κ3) is 2.60. The maximum atomic E-state index is 13.2. The maximum absolute atomic E-state index is 13.2. The second kappa shape index (κ2) is 6.49. The predicted octanol–water partition coefficient (Wildman–Crippen LogP) is 3.47. The number of ketones is 1. The van der Waals surface area contributed by atoms with E-state index in [9.17, 15) is 9.90 Å². The number of phenolic OH excluding ortho intramolecular Hbond substituents is 1. The lowest BCUT2D eigenvalue weighted by Gasteiger charge is -2.34. The minimum absolute atomic E-state index is 0.0297. The van der Waals surface area contributed by atoms with Crippen LogP contribution in [-0.2, 0) is 4.79 Å². The summed E-state index contributed by atoms with van der Waals surface area (Å²) >= 11 is 1.68. The van der Waals surface area contributed by atoms with Crippen molar-refractivity contribution in [3.8, 4) is 11.5 Å². The molecule has 1 aliphatic carbocycles. The number of Topliss-reactive ketones (excluding diaryl/α,β-unsaturated/α-hetero) is 1. The number of methoxy groups -OCH3 is 1. The first-order valence-corrected chi connectivity index (χ1v) is 9.86. The number of nitrogens with zero attached hydrogens (tertiary/aromatic N) is 3. The van der Waals surface area contributed by atoms with Gasteiger partial charge >= 0.3 is 0 Å². The maximum Gasteiger partial charge on any atom is 0.226 e. The topological polar surface area (TPSA) is 89.3 Å². The molecule has 0 saturated heterocycles. The van der Waals surface area contributed by atoms with Gasteiger partial charge in [0.05, 0.1) is 7.11 Å². The summed E-state index contributed by atoms with van der Waals surface area (Å²) in [7, 11) is 1.50. The number of carbonyl (C=O) groups is 1. The molecule has 0 bridgehead atoms. The Bertz CT molecular complexity index is 1090. The summed E-state index contributed by atoms with van der Waals surface area (Å²) < 4.78 is 6.85.